The molecule has 2 N–H and O–H groups in total. The van der Waals surface area contributed by atoms with Crippen LogP contribution in [0.4, 0.5) is 8.78 Å². The zero-order valence-corrected chi connectivity index (χ0v) is 11.8. The van der Waals surface area contributed by atoms with Crippen LogP contribution < -0.4 is 0 Å². The summed E-state index contributed by atoms with van der Waals surface area (Å²) in [5, 5.41) is 19.5. The van der Waals surface area contributed by atoms with Gasteiger partial charge < -0.3 is 10.2 Å². The predicted octanol–water partition coefficient (Wildman–Crippen LogP) is 4.28. The van der Waals surface area contributed by atoms with E-state index in [-0.39, 0.29) is 16.9 Å². The van der Waals surface area contributed by atoms with Crippen LogP contribution in [-0.4, -0.2) is 10.2 Å². The molecule has 0 spiro atoms. The maximum atomic E-state index is 13.8. The molecule has 0 fully saturated rings. The molecular weight excluding hydrogens is 262 g/mol. The lowest BCUT2D eigenvalue weighted by atomic mass is 9.92. The maximum absolute atomic E-state index is 13.8. The second-order valence-electron chi connectivity index (χ2n) is 5.06. The molecule has 20 heavy (non-hydrogen) atoms. The highest BCUT2D eigenvalue weighted by Gasteiger charge is 2.21. The average Bonchev–Trinajstić information content (AvgIpc) is 2.40. The lowest BCUT2D eigenvalue weighted by molar-refractivity contribution is 0.402. The minimum atomic E-state index is -1.23. The summed E-state index contributed by atoms with van der Waals surface area (Å²) in [5.74, 6) is -2.77. The largest absolute Gasteiger partial charge is 0.507 e. The molecule has 2 nitrogen and oxygen atoms in total. The molecular formula is C16H16F2O2. The second-order valence-corrected chi connectivity index (χ2v) is 5.06. The minimum Gasteiger partial charge on any atom is -0.507 e. The van der Waals surface area contributed by atoms with Crippen molar-refractivity contribution in [2.45, 2.75) is 27.7 Å². The SMILES string of the molecule is Cc1cc(-c2c(C)c(O)c(F)c(F)c2C)cc(C)c1O. The number of aromatic hydroxyl groups is 2. The quantitative estimate of drug-likeness (QED) is 0.817. The first-order chi connectivity index (χ1) is 9.25. The van der Waals surface area contributed by atoms with Gasteiger partial charge in [-0.3, -0.25) is 0 Å². The highest BCUT2D eigenvalue weighted by molar-refractivity contribution is 5.75. The van der Waals surface area contributed by atoms with Crippen molar-refractivity contribution < 1.29 is 19.0 Å². The molecule has 0 amide bonds. The molecule has 0 saturated carbocycles. The Labute approximate surface area is 116 Å². The number of benzene rings is 2. The molecule has 2 aromatic rings. The normalized spacial score (nSPS) is 10.9. The lowest BCUT2D eigenvalue weighted by Crippen LogP contribution is -1.99. The van der Waals surface area contributed by atoms with E-state index in [0.29, 0.717) is 22.3 Å². The first kappa shape index (κ1) is 14.3. The Balaban J connectivity index is 2.83. The van der Waals surface area contributed by atoms with Crippen LogP contribution in [0.25, 0.3) is 11.1 Å². The Morgan fingerprint density at radius 2 is 1.25 bits per heavy atom. The topological polar surface area (TPSA) is 40.5 Å². The van der Waals surface area contributed by atoms with E-state index < -0.39 is 17.4 Å². The summed E-state index contributed by atoms with van der Waals surface area (Å²) in [4.78, 5) is 0. The van der Waals surface area contributed by atoms with Crippen molar-refractivity contribution in [1.82, 2.24) is 0 Å². The third-order valence-electron chi connectivity index (χ3n) is 3.61. The zero-order chi connectivity index (χ0) is 15.2. The van der Waals surface area contributed by atoms with Crippen molar-refractivity contribution in [3.05, 3.63) is 46.0 Å². The molecule has 0 heterocycles. The highest BCUT2D eigenvalue weighted by Crippen LogP contribution is 2.38. The fourth-order valence-corrected chi connectivity index (χ4v) is 2.48. The third kappa shape index (κ3) is 2.01. The Hall–Kier alpha value is -2.10. The van der Waals surface area contributed by atoms with Gasteiger partial charge in [0.15, 0.2) is 11.6 Å². The van der Waals surface area contributed by atoms with Gasteiger partial charge in [-0.2, -0.15) is 4.39 Å². The standard InChI is InChI=1S/C16H16F2O2/c1-7-5-11(6-8(2)15(7)19)12-9(3)13(17)14(18)16(20)10(12)4/h5-6,19-20H,1-4H3. The van der Waals surface area contributed by atoms with Gasteiger partial charge in [0.1, 0.15) is 5.75 Å². The van der Waals surface area contributed by atoms with E-state index >= 15 is 0 Å². The van der Waals surface area contributed by atoms with Crippen LogP contribution in [0.1, 0.15) is 22.3 Å². The first-order valence-corrected chi connectivity index (χ1v) is 6.23. The Morgan fingerprint density at radius 1 is 0.750 bits per heavy atom. The Bertz CT molecular complexity index is 654. The van der Waals surface area contributed by atoms with Crippen LogP contribution in [0.2, 0.25) is 0 Å². The van der Waals surface area contributed by atoms with Crippen molar-refractivity contribution in [1.29, 1.82) is 0 Å². The van der Waals surface area contributed by atoms with Crippen LogP contribution in [0, 0.1) is 39.3 Å². The molecule has 0 atom stereocenters. The summed E-state index contributed by atoms with van der Waals surface area (Å²) in [6.45, 7) is 6.47. The van der Waals surface area contributed by atoms with E-state index in [4.69, 9.17) is 0 Å². The first-order valence-electron chi connectivity index (χ1n) is 6.23. The highest BCUT2D eigenvalue weighted by atomic mass is 19.2. The van der Waals surface area contributed by atoms with E-state index in [0.717, 1.165) is 0 Å². The van der Waals surface area contributed by atoms with Gasteiger partial charge in [-0.25, -0.2) is 4.39 Å². The van der Waals surface area contributed by atoms with Gasteiger partial charge in [0.2, 0.25) is 5.82 Å². The van der Waals surface area contributed by atoms with E-state index in [1.165, 1.54) is 13.8 Å². The van der Waals surface area contributed by atoms with E-state index in [1.807, 2.05) is 0 Å². The van der Waals surface area contributed by atoms with E-state index in [1.54, 1.807) is 26.0 Å². The number of hydrogen-bond donors (Lipinski definition) is 2. The number of phenolic OH excluding ortho intramolecular Hbond substituents is 2. The van der Waals surface area contributed by atoms with Crippen molar-refractivity contribution in [2.75, 3.05) is 0 Å². The summed E-state index contributed by atoms with van der Waals surface area (Å²) < 4.78 is 27.3. The smallest absolute Gasteiger partial charge is 0.200 e. The van der Waals surface area contributed by atoms with Gasteiger partial charge in [-0.05, 0) is 67.6 Å². The number of hydrogen-bond acceptors (Lipinski definition) is 2. The van der Waals surface area contributed by atoms with Crippen LogP contribution in [-0.2, 0) is 0 Å². The summed E-state index contributed by atoms with van der Waals surface area (Å²) in [6, 6.07) is 3.38. The molecule has 2 rings (SSSR count). The van der Waals surface area contributed by atoms with E-state index in [2.05, 4.69) is 0 Å². The van der Waals surface area contributed by atoms with Gasteiger partial charge >= 0.3 is 0 Å². The van der Waals surface area contributed by atoms with E-state index in [9.17, 15) is 19.0 Å². The number of rotatable bonds is 1. The van der Waals surface area contributed by atoms with Gasteiger partial charge in [0.05, 0.1) is 0 Å². The molecule has 0 unspecified atom stereocenters. The molecule has 0 bridgehead atoms. The van der Waals surface area contributed by atoms with Crippen molar-refractivity contribution >= 4 is 0 Å². The summed E-state index contributed by atoms with van der Waals surface area (Å²) >= 11 is 0. The van der Waals surface area contributed by atoms with Gasteiger partial charge in [0, 0.05) is 5.56 Å². The number of halogens is 2. The third-order valence-corrected chi connectivity index (χ3v) is 3.61. The average molecular weight is 278 g/mol. The molecule has 2 aromatic carbocycles. The molecule has 0 aliphatic carbocycles. The summed E-state index contributed by atoms with van der Waals surface area (Å²) in [6.07, 6.45) is 0. The molecule has 0 aliphatic heterocycles. The Morgan fingerprint density at radius 3 is 1.75 bits per heavy atom. The number of aryl methyl sites for hydroxylation is 2. The lowest BCUT2D eigenvalue weighted by Gasteiger charge is -2.15. The molecule has 106 valence electrons. The zero-order valence-electron chi connectivity index (χ0n) is 11.8. The Kier molecular flexibility index (Phi) is 3.42. The van der Waals surface area contributed by atoms with Crippen molar-refractivity contribution in [3.63, 3.8) is 0 Å². The molecule has 4 heteroatoms. The molecule has 0 saturated heterocycles. The fraction of sp³-hybridized carbons (Fsp3) is 0.250. The van der Waals surface area contributed by atoms with Crippen LogP contribution >= 0.6 is 0 Å². The molecule has 0 aromatic heterocycles. The summed E-state index contributed by atoms with van der Waals surface area (Å²) in [7, 11) is 0. The predicted molar refractivity (Wildman–Crippen MR) is 74.1 cm³/mol. The minimum absolute atomic E-state index is 0.141. The van der Waals surface area contributed by atoms with Gasteiger partial charge in [-0.1, -0.05) is 0 Å². The maximum Gasteiger partial charge on any atom is 0.200 e. The van der Waals surface area contributed by atoms with Crippen LogP contribution in [0.5, 0.6) is 11.5 Å². The fourth-order valence-electron chi connectivity index (χ4n) is 2.48. The van der Waals surface area contributed by atoms with Crippen molar-refractivity contribution in [3.8, 4) is 22.6 Å². The van der Waals surface area contributed by atoms with Crippen LogP contribution in [0.15, 0.2) is 12.1 Å². The van der Waals surface area contributed by atoms with Crippen molar-refractivity contribution in [2.24, 2.45) is 0 Å². The van der Waals surface area contributed by atoms with Crippen LogP contribution in [0.3, 0.4) is 0 Å². The van der Waals surface area contributed by atoms with Gasteiger partial charge in [-0.15, -0.1) is 0 Å². The van der Waals surface area contributed by atoms with Gasteiger partial charge in [0.25, 0.3) is 0 Å². The summed E-state index contributed by atoms with van der Waals surface area (Å²) in [5.41, 5.74) is 2.80. The monoisotopic (exact) mass is 278 g/mol. The molecule has 0 radical (unpaired) electrons. The second kappa shape index (κ2) is 4.78. The number of phenols is 2. The molecule has 0 aliphatic rings.